The molecule has 1 unspecified atom stereocenters. The molecule has 2 amide bonds. The smallest absolute Gasteiger partial charge is 0.238 e. The quantitative estimate of drug-likeness (QED) is 0.756. The Balaban J connectivity index is 1.67. The van der Waals surface area contributed by atoms with E-state index >= 15 is 0 Å². The summed E-state index contributed by atoms with van der Waals surface area (Å²) >= 11 is 1.38. The van der Waals surface area contributed by atoms with E-state index in [9.17, 15) is 14.7 Å². The summed E-state index contributed by atoms with van der Waals surface area (Å²) in [5, 5.41) is 14.8. The highest BCUT2D eigenvalue weighted by molar-refractivity contribution is 8.01. The van der Waals surface area contributed by atoms with Crippen LogP contribution in [-0.4, -0.2) is 22.2 Å². The van der Waals surface area contributed by atoms with Gasteiger partial charge in [-0.2, -0.15) is 0 Å². The summed E-state index contributed by atoms with van der Waals surface area (Å²) in [5.74, 6) is -0.474. The number of para-hydroxylation sites is 1. The van der Waals surface area contributed by atoms with E-state index in [1.807, 2.05) is 31.2 Å². The van der Waals surface area contributed by atoms with Gasteiger partial charge in [-0.25, -0.2) is 0 Å². The number of carbonyl (C=O) groups excluding carboxylic acids is 2. The van der Waals surface area contributed by atoms with Crippen molar-refractivity contribution in [1.82, 2.24) is 0 Å². The summed E-state index contributed by atoms with van der Waals surface area (Å²) in [6.07, 6.45) is 0.0398. The van der Waals surface area contributed by atoms with Crippen LogP contribution in [0.5, 0.6) is 5.75 Å². The van der Waals surface area contributed by atoms with Crippen LogP contribution in [-0.2, 0) is 9.59 Å². The molecule has 1 aliphatic rings. The summed E-state index contributed by atoms with van der Waals surface area (Å²) in [4.78, 5) is 25.2. The van der Waals surface area contributed by atoms with E-state index in [1.54, 1.807) is 18.2 Å². The first-order valence-electron chi connectivity index (χ1n) is 7.19. The van der Waals surface area contributed by atoms with Crippen molar-refractivity contribution in [3.63, 3.8) is 0 Å². The number of hydrogen-bond donors (Lipinski definition) is 3. The lowest BCUT2D eigenvalue weighted by atomic mass is 10.2. The van der Waals surface area contributed by atoms with Gasteiger partial charge in [-0.15, -0.1) is 11.8 Å². The van der Waals surface area contributed by atoms with Crippen molar-refractivity contribution in [1.29, 1.82) is 0 Å². The van der Waals surface area contributed by atoms with Crippen LogP contribution in [0.15, 0.2) is 47.4 Å². The lowest BCUT2D eigenvalue weighted by molar-refractivity contribution is -0.120. The maximum atomic E-state index is 12.2. The van der Waals surface area contributed by atoms with E-state index in [2.05, 4.69) is 10.6 Å². The van der Waals surface area contributed by atoms with E-state index in [4.69, 9.17) is 0 Å². The van der Waals surface area contributed by atoms with Crippen molar-refractivity contribution in [2.75, 3.05) is 10.6 Å². The first-order valence-corrected chi connectivity index (χ1v) is 8.07. The highest BCUT2D eigenvalue weighted by Crippen LogP contribution is 2.36. The summed E-state index contributed by atoms with van der Waals surface area (Å²) in [6.45, 7) is 1.85. The molecule has 0 saturated heterocycles. The van der Waals surface area contributed by atoms with Crippen LogP contribution in [0.4, 0.5) is 11.4 Å². The Morgan fingerprint density at radius 2 is 2.09 bits per heavy atom. The standard InChI is InChI=1S/C17H16N2O3S/c1-10-6-7-11(13(20)8-10)18-16(21)9-15-17(22)19-12-4-2-3-5-14(12)23-15/h2-8,15,20H,9H2,1H3,(H,18,21)(H,19,22). The summed E-state index contributed by atoms with van der Waals surface area (Å²) in [6, 6.07) is 12.5. The van der Waals surface area contributed by atoms with E-state index in [0.717, 1.165) is 16.1 Å². The molecule has 0 aromatic heterocycles. The number of carbonyl (C=O) groups is 2. The number of nitrogens with one attached hydrogen (secondary N) is 2. The Bertz CT molecular complexity index is 776. The SMILES string of the molecule is Cc1ccc(NC(=O)CC2Sc3ccccc3NC2=O)c(O)c1. The van der Waals surface area contributed by atoms with Gasteiger partial charge in [0.25, 0.3) is 0 Å². The third kappa shape index (κ3) is 3.48. The Labute approximate surface area is 138 Å². The third-order valence-corrected chi connectivity index (χ3v) is 4.78. The minimum Gasteiger partial charge on any atom is -0.506 e. The molecule has 1 aliphatic heterocycles. The number of thioether (sulfide) groups is 1. The monoisotopic (exact) mass is 328 g/mol. The predicted molar refractivity (Wildman–Crippen MR) is 90.8 cm³/mol. The average Bonchev–Trinajstić information content (AvgIpc) is 2.51. The molecule has 0 saturated carbocycles. The molecule has 0 aliphatic carbocycles. The lowest BCUT2D eigenvalue weighted by Gasteiger charge is -2.23. The molecule has 0 fully saturated rings. The van der Waals surface area contributed by atoms with Crippen molar-refractivity contribution in [2.24, 2.45) is 0 Å². The number of fused-ring (bicyclic) bond motifs is 1. The van der Waals surface area contributed by atoms with Crippen LogP contribution in [0.25, 0.3) is 0 Å². The van der Waals surface area contributed by atoms with Crippen LogP contribution in [0, 0.1) is 6.92 Å². The topological polar surface area (TPSA) is 78.4 Å². The minimum atomic E-state index is -0.488. The zero-order chi connectivity index (χ0) is 16.4. The van der Waals surface area contributed by atoms with Crippen LogP contribution >= 0.6 is 11.8 Å². The molecule has 3 N–H and O–H groups in total. The Hall–Kier alpha value is -2.47. The van der Waals surface area contributed by atoms with E-state index in [0.29, 0.717) is 5.69 Å². The second kappa shape index (κ2) is 6.34. The fraction of sp³-hybridized carbons (Fsp3) is 0.176. The molecule has 6 heteroatoms. The number of phenolic OH excluding ortho intramolecular Hbond substituents is 1. The van der Waals surface area contributed by atoms with Crippen LogP contribution in [0.3, 0.4) is 0 Å². The number of benzene rings is 2. The highest BCUT2D eigenvalue weighted by Gasteiger charge is 2.28. The summed E-state index contributed by atoms with van der Waals surface area (Å²) in [7, 11) is 0. The fourth-order valence-corrected chi connectivity index (χ4v) is 3.45. The van der Waals surface area contributed by atoms with Gasteiger partial charge in [0, 0.05) is 11.3 Å². The van der Waals surface area contributed by atoms with Crippen molar-refractivity contribution in [3.8, 4) is 5.75 Å². The molecule has 0 spiro atoms. The summed E-state index contributed by atoms with van der Waals surface area (Å²) in [5.41, 5.74) is 2.02. The molecule has 0 bridgehead atoms. The Morgan fingerprint density at radius 3 is 2.87 bits per heavy atom. The third-order valence-electron chi connectivity index (χ3n) is 3.50. The molecule has 23 heavy (non-hydrogen) atoms. The van der Waals surface area contributed by atoms with Crippen molar-refractivity contribution in [2.45, 2.75) is 23.5 Å². The number of anilines is 2. The van der Waals surface area contributed by atoms with Gasteiger partial charge in [0.1, 0.15) is 5.75 Å². The van der Waals surface area contributed by atoms with Crippen LogP contribution in [0.2, 0.25) is 0 Å². The number of amides is 2. The molecule has 2 aromatic rings. The van der Waals surface area contributed by atoms with Crippen LogP contribution < -0.4 is 10.6 Å². The molecule has 118 valence electrons. The number of hydrogen-bond acceptors (Lipinski definition) is 4. The molecular formula is C17H16N2O3S. The molecule has 1 atom stereocenters. The van der Waals surface area contributed by atoms with Gasteiger partial charge in [-0.3, -0.25) is 9.59 Å². The minimum absolute atomic E-state index is 0.0180. The fourth-order valence-electron chi connectivity index (χ4n) is 2.34. The second-order valence-corrected chi connectivity index (χ2v) is 6.61. The largest absolute Gasteiger partial charge is 0.506 e. The van der Waals surface area contributed by atoms with Gasteiger partial charge >= 0.3 is 0 Å². The van der Waals surface area contributed by atoms with Gasteiger partial charge in [0.05, 0.1) is 16.6 Å². The van der Waals surface area contributed by atoms with E-state index < -0.39 is 5.25 Å². The molecule has 5 nitrogen and oxygen atoms in total. The maximum absolute atomic E-state index is 12.2. The highest BCUT2D eigenvalue weighted by atomic mass is 32.2. The summed E-state index contributed by atoms with van der Waals surface area (Å²) < 4.78 is 0. The van der Waals surface area contributed by atoms with Gasteiger partial charge in [-0.05, 0) is 36.8 Å². The average molecular weight is 328 g/mol. The maximum Gasteiger partial charge on any atom is 0.238 e. The first kappa shape index (κ1) is 15.4. The molecule has 3 rings (SSSR count). The van der Waals surface area contributed by atoms with Gasteiger partial charge in [-0.1, -0.05) is 18.2 Å². The molecule has 2 aromatic carbocycles. The normalized spacial score (nSPS) is 16.4. The number of phenols is 1. The number of aryl methyl sites for hydroxylation is 1. The van der Waals surface area contributed by atoms with Crippen molar-refractivity contribution < 1.29 is 14.7 Å². The van der Waals surface area contributed by atoms with E-state index in [-0.39, 0.29) is 24.0 Å². The first-order chi connectivity index (χ1) is 11.0. The number of rotatable bonds is 3. The molecule has 0 radical (unpaired) electrons. The van der Waals surface area contributed by atoms with Crippen LogP contribution in [0.1, 0.15) is 12.0 Å². The molecular weight excluding hydrogens is 312 g/mol. The Kier molecular flexibility index (Phi) is 4.25. The Morgan fingerprint density at radius 1 is 1.30 bits per heavy atom. The van der Waals surface area contributed by atoms with E-state index in [1.165, 1.54) is 11.8 Å². The zero-order valence-corrected chi connectivity index (χ0v) is 13.3. The second-order valence-electron chi connectivity index (χ2n) is 5.36. The predicted octanol–water partition coefficient (Wildman–Crippen LogP) is 3.14. The van der Waals surface area contributed by atoms with Crippen molar-refractivity contribution in [3.05, 3.63) is 48.0 Å². The van der Waals surface area contributed by atoms with Gasteiger partial charge in [0.2, 0.25) is 11.8 Å². The van der Waals surface area contributed by atoms with Gasteiger partial charge < -0.3 is 15.7 Å². The zero-order valence-electron chi connectivity index (χ0n) is 12.5. The van der Waals surface area contributed by atoms with Gasteiger partial charge in [0.15, 0.2) is 0 Å². The lowest BCUT2D eigenvalue weighted by Crippen LogP contribution is -2.32. The van der Waals surface area contributed by atoms with Crippen molar-refractivity contribution >= 4 is 35.0 Å². The molecule has 1 heterocycles. The number of aromatic hydroxyl groups is 1.